The van der Waals surface area contributed by atoms with Gasteiger partial charge >= 0.3 is 0 Å². The molecule has 154 valence electrons. The molecule has 0 bridgehead atoms. The van der Waals surface area contributed by atoms with Gasteiger partial charge in [-0.25, -0.2) is 17.8 Å². The molecule has 9 heteroatoms. The molecule has 0 radical (unpaired) electrons. The van der Waals surface area contributed by atoms with Crippen molar-refractivity contribution < 1.29 is 17.6 Å². The third-order valence-electron chi connectivity index (χ3n) is 5.40. The Hall–Kier alpha value is -2.62. The van der Waals surface area contributed by atoms with Gasteiger partial charge in [-0.3, -0.25) is 4.79 Å². The number of benzene rings is 2. The second-order valence-corrected chi connectivity index (χ2v) is 10.4. The number of aromatic nitrogens is 1. The first-order valence-electron chi connectivity index (χ1n) is 9.57. The van der Waals surface area contributed by atoms with Crippen LogP contribution < -0.4 is 5.32 Å². The number of rotatable bonds is 3. The minimum absolute atomic E-state index is 0.0520. The number of sulfonamides is 1. The molecule has 1 amide bonds. The summed E-state index contributed by atoms with van der Waals surface area (Å²) in [7, 11) is -3.66. The first-order chi connectivity index (χ1) is 14.4. The Morgan fingerprint density at radius 2 is 1.87 bits per heavy atom. The number of anilines is 1. The number of hydrogen-bond acceptors (Lipinski definition) is 5. The van der Waals surface area contributed by atoms with Crippen molar-refractivity contribution in [1.82, 2.24) is 9.29 Å². The quantitative estimate of drug-likeness (QED) is 0.671. The Morgan fingerprint density at radius 3 is 2.67 bits per heavy atom. The minimum Gasteiger partial charge on any atom is -0.326 e. The Balaban J connectivity index is 1.41. The molecule has 1 N–H and O–H groups in total. The maximum Gasteiger partial charge on any atom is 0.243 e. The average molecular weight is 444 g/mol. The van der Waals surface area contributed by atoms with Crippen molar-refractivity contribution in [3.8, 4) is 10.6 Å². The van der Waals surface area contributed by atoms with Crippen molar-refractivity contribution in [2.24, 2.45) is 0 Å². The normalized spacial score (nSPS) is 16.6. The Kier molecular flexibility index (Phi) is 4.68. The predicted molar refractivity (Wildman–Crippen MR) is 112 cm³/mol. The molecule has 0 atom stereocenters. The second kappa shape index (κ2) is 7.26. The van der Waals surface area contributed by atoms with E-state index in [1.54, 1.807) is 30.3 Å². The van der Waals surface area contributed by atoms with Gasteiger partial charge in [0.1, 0.15) is 10.8 Å². The third-order valence-corrected chi connectivity index (χ3v) is 8.37. The maximum absolute atomic E-state index is 13.2. The van der Waals surface area contributed by atoms with E-state index in [0.717, 1.165) is 26.7 Å². The molecule has 0 saturated heterocycles. The molecular weight excluding hydrogens is 425 g/mol. The molecule has 2 aliphatic rings. The van der Waals surface area contributed by atoms with Crippen molar-refractivity contribution in [3.63, 3.8) is 0 Å². The van der Waals surface area contributed by atoms with Crippen LogP contribution in [0.15, 0.2) is 47.4 Å². The first kappa shape index (κ1) is 19.3. The number of carbonyl (C=O) groups excluding carboxylic acids is 1. The topological polar surface area (TPSA) is 79.4 Å². The molecule has 1 aromatic heterocycles. The fourth-order valence-electron chi connectivity index (χ4n) is 3.76. The molecule has 3 heterocycles. The molecular formula is C21H18FN3O3S2. The zero-order valence-corrected chi connectivity index (χ0v) is 17.5. The molecule has 0 fully saturated rings. The number of carbonyl (C=O) groups is 1. The van der Waals surface area contributed by atoms with Gasteiger partial charge in [0.05, 0.1) is 17.1 Å². The van der Waals surface area contributed by atoms with Crippen LogP contribution in [0.1, 0.15) is 22.6 Å². The number of thiazole rings is 1. The molecule has 2 aliphatic heterocycles. The van der Waals surface area contributed by atoms with Crippen LogP contribution in [0.5, 0.6) is 0 Å². The highest BCUT2D eigenvalue weighted by molar-refractivity contribution is 7.89. The third kappa shape index (κ3) is 3.42. The van der Waals surface area contributed by atoms with Crippen LogP contribution in [0.4, 0.5) is 10.1 Å². The van der Waals surface area contributed by atoms with Crippen molar-refractivity contribution in [1.29, 1.82) is 0 Å². The largest absolute Gasteiger partial charge is 0.326 e. The van der Waals surface area contributed by atoms with E-state index in [-0.39, 0.29) is 23.2 Å². The summed E-state index contributed by atoms with van der Waals surface area (Å²) in [6.45, 7) is 0.625. The SMILES string of the molecule is O=C1CCc2cc(S(=O)(=O)N3CCc4nc(-c5ccc(F)cc5)sc4C3)ccc2N1. The van der Waals surface area contributed by atoms with E-state index in [0.29, 0.717) is 31.5 Å². The van der Waals surface area contributed by atoms with Crippen molar-refractivity contribution in [3.05, 3.63) is 64.4 Å². The van der Waals surface area contributed by atoms with Gasteiger partial charge in [0, 0.05) is 35.5 Å². The number of fused-ring (bicyclic) bond motifs is 2. The number of amides is 1. The van der Waals surface area contributed by atoms with Gasteiger partial charge in [-0.05, 0) is 54.4 Å². The second-order valence-electron chi connectivity index (χ2n) is 7.35. The van der Waals surface area contributed by atoms with E-state index >= 15 is 0 Å². The summed E-state index contributed by atoms with van der Waals surface area (Å²) in [5.41, 5.74) is 3.24. The highest BCUT2D eigenvalue weighted by Gasteiger charge is 2.31. The summed E-state index contributed by atoms with van der Waals surface area (Å²) < 4.78 is 41.1. The van der Waals surface area contributed by atoms with Crippen LogP contribution in [-0.2, 0) is 34.2 Å². The molecule has 5 rings (SSSR count). The standard InChI is InChI=1S/C21H18FN3O3S2/c22-15-4-1-13(2-5-15)21-24-18-9-10-25(12-19(18)29-21)30(27,28)16-6-7-17-14(11-16)3-8-20(26)23-17/h1-2,4-7,11H,3,8-10,12H2,(H,23,26). The van der Waals surface area contributed by atoms with E-state index in [1.165, 1.54) is 27.8 Å². The lowest BCUT2D eigenvalue weighted by Crippen LogP contribution is -2.35. The van der Waals surface area contributed by atoms with Gasteiger partial charge in [0.2, 0.25) is 15.9 Å². The van der Waals surface area contributed by atoms with Crippen molar-refractivity contribution >= 4 is 33.0 Å². The van der Waals surface area contributed by atoms with Crippen molar-refractivity contribution in [2.75, 3.05) is 11.9 Å². The molecule has 30 heavy (non-hydrogen) atoms. The van der Waals surface area contributed by atoms with E-state index in [4.69, 9.17) is 0 Å². The van der Waals surface area contributed by atoms with E-state index in [9.17, 15) is 17.6 Å². The van der Waals surface area contributed by atoms with Gasteiger partial charge in [0.15, 0.2) is 0 Å². The lowest BCUT2D eigenvalue weighted by molar-refractivity contribution is -0.116. The van der Waals surface area contributed by atoms with Crippen LogP contribution >= 0.6 is 11.3 Å². The maximum atomic E-state index is 13.2. The molecule has 0 saturated carbocycles. The Morgan fingerprint density at radius 1 is 1.07 bits per heavy atom. The van der Waals surface area contributed by atoms with Crippen LogP contribution in [0.3, 0.4) is 0 Å². The molecule has 6 nitrogen and oxygen atoms in total. The summed E-state index contributed by atoms with van der Waals surface area (Å²) in [6.07, 6.45) is 1.43. The fraction of sp³-hybridized carbons (Fsp3) is 0.238. The number of halogens is 1. The Bertz CT molecular complexity index is 1250. The van der Waals surface area contributed by atoms with E-state index in [2.05, 4.69) is 10.3 Å². The zero-order chi connectivity index (χ0) is 20.9. The molecule has 3 aromatic rings. The molecule has 0 spiro atoms. The van der Waals surface area contributed by atoms with Crippen LogP contribution in [-0.4, -0.2) is 30.2 Å². The number of nitrogens with zero attached hydrogens (tertiary/aromatic N) is 2. The van der Waals surface area contributed by atoms with Gasteiger partial charge in [0.25, 0.3) is 0 Å². The summed E-state index contributed by atoms with van der Waals surface area (Å²) in [5, 5.41) is 3.54. The van der Waals surface area contributed by atoms with Gasteiger partial charge in [-0.15, -0.1) is 11.3 Å². The van der Waals surface area contributed by atoms with Crippen LogP contribution in [0.2, 0.25) is 0 Å². The monoisotopic (exact) mass is 443 g/mol. The zero-order valence-electron chi connectivity index (χ0n) is 15.9. The molecule has 2 aromatic carbocycles. The van der Waals surface area contributed by atoms with Crippen LogP contribution in [0, 0.1) is 5.82 Å². The predicted octanol–water partition coefficient (Wildman–Crippen LogP) is 3.58. The van der Waals surface area contributed by atoms with Crippen LogP contribution in [0.25, 0.3) is 10.6 Å². The summed E-state index contributed by atoms with van der Waals surface area (Å²) in [5.74, 6) is -0.356. The Labute approximate surface area is 177 Å². The van der Waals surface area contributed by atoms with Crippen molar-refractivity contribution in [2.45, 2.75) is 30.7 Å². The lowest BCUT2D eigenvalue weighted by atomic mass is 10.0. The number of nitrogens with one attached hydrogen (secondary N) is 1. The average Bonchev–Trinajstić information content (AvgIpc) is 3.17. The van der Waals surface area contributed by atoms with E-state index in [1.807, 2.05) is 0 Å². The highest BCUT2D eigenvalue weighted by Crippen LogP contribution is 2.34. The summed E-state index contributed by atoms with van der Waals surface area (Å²) in [6, 6.07) is 11.0. The van der Waals surface area contributed by atoms with E-state index < -0.39 is 10.0 Å². The molecule has 0 unspecified atom stereocenters. The fourth-order valence-corrected chi connectivity index (χ4v) is 6.43. The summed E-state index contributed by atoms with van der Waals surface area (Å²) in [4.78, 5) is 17.3. The summed E-state index contributed by atoms with van der Waals surface area (Å²) >= 11 is 1.45. The highest BCUT2D eigenvalue weighted by atomic mass is 32.2. The lowest BCUT2D eigenvalue weighted by Gasteiger charge is -2.26. The number of hydrogen-bond donors (Lipinski definition) is 1. The van der Waals surface area contributed by atoms with Gasteiger partial charge in [-0.1, -0.05) is 0 Å². The smallest absolute Gasteiger partial charge is 0.243 e. The number of aryl methyl sites for hydroxylation is 1. The first-order valence-corrected chi connectivity index (χ1v) is 11.8. The van der Waals surface area contributed by atoms with Gasteiger partial charge < -0.3 is 5.32 Å². The molecule has 0 aliphatic carbocycles. The van der Waals surface area contributed by atoms with Gasteiger partial charge in [-0.2, -0.15) is 4.31 Å². The minimum atomic E-state index is -3.66.